The van der Waals surface area contributed by atoms with E-state index < -0.39 is 0 Å². The summed E-state index contributed by atoms with van der Waals surface area (Å²) < 4.78 is 14.6. The number of nitrogens with one attached hydrogen (secondary N) is 2. The van der Waals surface area contributed by atoms with Gasteiger partial charge in [-0.2, -0.15) is 5.48 Å². The summed E-state index contributed by atoms with van der Waals surface area (Å²) in [6.07, 6.45) is 1.16. The molecule has 0 saturated carbocycles. The molecule has 2 aromatic rings. The number of piperidine rings is 2. The second-order valence-electron chi connectivity index (χ2n) is 8.08. The number of hydrogen-bond donors (Lipinski definition) is 2. The summed E-state index contributed by atoms with van der Waals surface area (Å²) in [5, 5.41) is 4.74. The number of rotatable bonds is 1. The van der Waals surface area contributed by atoms with Gasteiger partial charge in [0.2, 0.25) is 0 Å². The molecule has 134 valence electrons. The molecule has 1 aromatic heterocycles. The Hall–Kier alpha value is -1.05. The van der Waals surface area contributed by atoms with E-state index in [0.717, 1.165) is 28.1 Å². The summed E-state index contributed by atoms with van der Waals surface area (Å²) in [4.78, 5) is 9.99. The van der Waals surface area contributed by atoms with E-state index in [9.17, 15) is 4.39 Å². The minimum absolute atomic E-state index is 0.0355. The lowest BCUT2D eigenvalue weighted by Crippen LogP contribution is -2.65. The van der Waals surface area contributed by atoms with Crippen molar-refractivity contribution in [2.24, 2.45) is 17.8 Å². The number of nitrogens with zero attached hydrogens (tertiary/aromatic N) is 1. The third-order valence-corrected chi connectivity index (χ3v) is 7.28. The lowest BCUT2D eigenvalue weighted by atomic mass is 9.73. The van der Waals surface area contributed by atoms with Gasteiger partial charge in [-0.15, -0.1) is 11.3 Å². The normalized spacial score (nSPS) is 40.8. The minimum atomic E-state index is -0.308. The number of thiophene rings is 1. The summed E-state index contributed by atoms with van der Waals surface area (Å²) in [6, 6.07) is 7.05. The number of fused-ring (bicyclic) bond motifs is 4. The molecule has 3 fully saturated rings. The Bertz CT molecular complexity index is 807. The molecule has 2 N–H and O–H groups in total. The van der Waals surface area contributed by atoms with E-state index in [4.69, 9.17) is 4.84 Å². The Morgan fingerprint density at radius 1 is 1.24 bits per heavy atom. The topological polar surface area (TPSA) is 36.5 Å². The predicted octanol–water partition coefficient (Wildman–Crippen LogP) is 3.47. The number of hydroxylamine groups is 1. The fraction of sp³-hybridized carbons (Fsp3) is 0.579. The van der Waals surface area contributed by atoms with Crippen molar-refractivity contribution in [1.82, 2.24) is 15.7 Å². The first kappa shape index (κ1) is 16.1. The summed E-state index contributed by atoms with van der Waals surface area (Å²) in [7, 11) is 0. The maximum absolute atomic E-state index is 13.5. The fourth-order valence-electron chi connectivity index (χ4n) is 5.04. The number of halogens is 1. The van der Waals surface area contributed by atoms with Crippen molar-refractivity contribution in [3.05, 3.63) is 35.0 Å². The molecule has 3 aliphatic rings. The van der Waals surface area contributed by atoms with Crippen LogP contribution in [-0.2, 0) is 4.84 Å². The van der Waals surface area contributed by atoms with Gasteiger partial charge in [-0.3, -0.25) is 10.2 Å². The Morgan fingerprint density at radius 3 is 3.00 bits per heavy atom. The average molecular weight is 361 g/mol. The van der Waals surface area contributed by atoms with Crippen molar-refractivity contribution in [3.63, 3.8) is 0 Å². The molecular weight excluding hydrogens is 337 g/mol. The first-order valence-electron chi connectivity index (χ1n) is 9.16. The Kier molecular flexibility index (Phi) is 3.70. The van der Waals surface area contributed by atoms with Gasteiger partial charge in [-0.25, -0.2) is 4.39 Å². The van der Waals surface area contributed by atoms with Gasteiger partial charge in [0.25, 0.3) is 0 Å². The van der Waals surface area contributed by atoms with Gasteiger partial charge in [0.15, 0.2) is 0 Å². The molecule has 4 nitrogen and oxygen atoms in total. The third-order valence-electron chi connectivity index (χ3n) is 6.10. The van der Waals surface area contributed by atoms with Crippen LogP contribution < -0.4 is 10.8 Å². The molecule has 25 heavy (non-hydrogen) atoms. The zero-order valence-corrected chi connectivity index (χ0v) is 15.4. The molecule has 2 bridgehead atoms. The molecule has 0 amide bonds. The van der Waals surface area contributed by atoms with Gasteiger partial charge in [0, 0.05) is 41.0 Å². The van der Waals surface area contributed by atoms with Crippen LogP contribution in [0.2, 0.25) is 0 Å². The van der Waals surface area contributed by atoms with Crippen molar-refractivity contribution in [1.29, 1.82) is 0 Å². The maximum atomic E-state index is 13.5. The highest BCUT2D eigenvalue weighted by Crippen LogP contribution is 2.45. The SMILES string of the molecule is CC1CC2CN(C1)CC(C)C21NC(c2cc3cc(F)ccc3s2)NO1. The second-order valence-corrected chi connectivity index (χ2v) is 9.19. The summed E-state index contributed by atoms with van der Waals surface area (Å²) in [5.41, 5.74) is 2.94. The van der Waals surface area contributed by atoms with E-state index in [2.05, 4.69) is 35.6 Å². The molecule has 1 aromatic carbocycles. The van der Waals surface area contributed by atoms with Crippen LogP contribution in [0.3, 0.4) is 0 Å². The standard InChI is InChI=1S/C19H24FN3OS/c1-11-5-14-10-23(8-11)9-12(2)19(14)21-18(22-24-19)17-7-13-6-15(20)3-4-16(13)25-17/h3-4,6-7,11-12,14,18,21-22H,5,8-10H2,1-2H3. The monoisotopic (exact) mass is 361 g/mol. The van der Waals surface area contributed by atoms with Crippen LogP contribution >= 0.6 is 11.3 Å². The largest absolute Gasteiger partial charge is 0.302 e. The zero-order valence-electron chi connectivity index (χ0n) is 14.6. The van der Waals surface area contributed by atoms with Crippen LogP contribution in [-0.4, -0.2) is 30.3 Å². The van der Waals surface area contributed by atoms with E-state index >= 15 is 0 Å². The minimum Gasteiger partial charge on any atom is -0.302 e. The first-order valence-corrected chi connectivity index (χ1v) is 9.98. The van der Waals surface area contributed by atoms with Crippen LogP contribution in [0.15, 0.2) is 24.3 Å². The van der Waals surface area contributed by atoms with Crippen molar-refractivity contribution >= 4 is 21.4 Å². The van der Waals surface area contributed by atoms with Crippen molar-refractivity contribution in [2.45, 2.75) is 32.2 Å². The van der Waals surface area contributed by atoms with Crippen LogP contribution in [0.5, 0.6) is 0 Å². The zero-order chi connectivity index (χ0) is 17.2. The van der Waals surface area contributed by atoms with Crippen molar-refractivity contribution in [2.75, 3.05) is 19.6 Å². The summed E-state index contributed by atoms with van der Waals surface area (Å²) in [5.74, 6) is 1.43. The second kappa shape index (κ2) is 5.72. The summed E-state index contributed by atoms with van der Waals surface area (Å²) >= 11 is 1.69. The molecule has 4 heterocycles. The Balaban J connectivity index is 1.44. The van der Waals surface area contributed by atoms with Gasteiger partial charge in [0.1, 0.15) is 17.7 Å². The molecule has 6 heteroatoms. The average Bonchev–Trinajstić information content (AvgIpc) is 3.17. The Labute approximate surface area is 151 Å². The van der Waals surface area contributed by atoms with Gasteiger partial charge in [-0.05, 0) is 42.0 Å². The fourth-order valence-corrected chi connectivity index (χ4v) is 6.07. The number of hydrogen-bond acceptors (Lipinski definition) is 5. The molecule has 1 spiro atoms. The van der Waals surface area contributed by atoms with Gasteiger partial charge >= 0.3 is 0 Å². The highest BCUT2D eigenvalue weighted by molar-refractivity contribution is 7.19. The molecule has 3 aliphatic heterocycles. The molecule has 6 atom stereocenters. The van der Waals surface area contributed by atoms with Crippen molar-refractivity contribution in [3.8, 4) is 0 Å². The molecule has 6 unspecified atom stereocenters. The first-order chi connectivity index (χ1) is 12.0. The highest BCUT2D eigenvalue weighted by Gasteiger charge is 2.55. The van der Waals surface area contributed by atoms with E-state index in [1.54, 1.807) is 17.4 Å². The highest BCUT2D eigenvalue weighted by atomic mass is 32.1. The Morgan fingerprint density at radius 2 is 2.12 bits per heavy atom. The third kappa shape index (κ3) is 2.54. The van der Waals surface area contributed by atoms with Gasteiger partial charge in [0.05, 0.1) is 0 Å². The van der Waals surface area contributed by atoms with E-state index in [0.29, 0.717) is 17.8 Å². The molecule has 0 aliphatic carbocycles. The number of benzene rings is 1. The maximum Gasteiger partial charge on any atom is 0.149 e. The molecular formula is C19H24FN3OS. The van der Waals surface area contributed by atoms with Crippen molar-refractivity contribution < 1.29 is 9.23 Å². The lowest BCUT2D eigenvalue weighted by molar-refractivity contribution is -0.182. The van der Waals surface area contributed by atoms with Gasteiger partial charge in [-0.1, -0.05) is 13.8 Å². The van der Waals surface area contributed by atoms with Crippen LogP contribution in [0, 0.1) is 23.6 Å². The molecule has 0 radical (unpaired) electrons. The lowest BCUT2D eigenvalue weighted by Gasteiger charge is -2.52. The summed E-state index contributed by atoms with van der Waals surface area (Å²) in [6.45, 7) is 8.00. The van der Waals surface area contributed by atoms with Crippen LogP contribution in [0.1, 0.15) is 31.3 Å². The quantitative estimate of drug-likeness (QED) is 0.816. The van der Waals surface area contributed by atoms with Crippen LogP contribution in [0.25, 0.3) is 10.1 Å². The van der Waals surface area contributed by atoms with E-state index in [1.165, 1.54) is 19.0 Å². The van der Waals surface area contributed by atoms with Gasteiger partial charge < -0.3 is 4.90 Å². The molecule has 5 rings (SSSR count). The predicted molar refractivity (Wildman–Crippen MR) is 97.5 cm³/mol. The van der Waals surface area contributed by atoms with Crippen LogP contribution in [0.4, 0.5) is 4.39 Å². The smallest absolute Gasteiger partial charge is 0.149 e. The molecule has 3 saturated heterocycles. The van der Waals surface area contributed by atoms with E-state index in [1.807, 2.05) is 6.07 Å². The van der Waals surface area contributed by atoms with E-state index in [-0.39, 0.29) is 17.7 Å².